The van der Waals surface area contributed by atoms with Crippen LogP contribution in [0.5, 0.6) is 17.2 Å². The fourth-order valence-electron chi connectivity index (χ4n) is 9.17. The van der Waals surface area contributed by atoms with Crippen LogP contribution in [-0.2, 0) is 21.7 Å². The van der Waals surface area contributed by atoms with E-state index in [0.29, 0.717) is 0 Å². The molecule has 252 valence electrons. The third-order valence-corrected chi connectivity index (χ3v) is 12.7. The molecule has 0 radical (unpaired) electrons. The smallest absolute Gasteiger partial charge is 0.264 e. The first-order valence-corrected chi connectivity index (χ1v) is 18.4. The van der Waals surface area contributed by atoms with Crippen LogP contribution in [0.3, 0.4) is 0 Å². The maximum atomic E-state index is 6.71. The van der Waals surface area contributed by atoms with E-state index in [1.807, 2.05) is 12.3 Å². The quantitative estimate of drug-likeness (QED) is 0.218. The fraction of sp³-hybridized carbons (Fsp3) is 0.356. The predicted molar refractivity (Wildman–Crippen MR) is 206 cm³/mol. The van der Waals surface area contributed by atoms with Crippen LogP contribution in [0.4, 0.5) is 0 Å². The van der Waals surface area contributed by atoms with E-state index < -0.39 is 0 Å². The van der Waals surface area contributed by atoms with Gasteiger partial charge in [-0.2, -0.15) is 0 Å². The molecule has 0 saturated carbocycles. The summed E-state index contributed by atoms with van der Waals surface area (Å²) in [5.74, 6) is 3.37. The van der Waals surface area contributed by atoms with Crippen molar-refractivity contribution in [3.63, 3.8) is 0 Å². The summed E-state index contributed by atoms with van der Waals surface area (Å²) in [6.45, 7) is 19.0. The molecule has 1 N–H and O–H groups in total. The highest BCUT2D eigenvalue weighted by atomic mass is 16.5. The summed E-state index contributed by atoms with van der Waals surface area (Å²) in [5, 5.41) is 3.54. The number of hydrogen-bond acceptors (Lipinski definition) is 4. The number of pyridine rings is 1. The Hall–Kier alpha value is -4.51. The zero-order valence-electron chi connectivity index (χ0n) is 30.8. The van der Waals surface area contributed by atoms with E-state index >= 15 is 0 Å². The van der Waals surface area contributed by atoms with E-state index in [-0.39, 0.29) is 28.4 Å². The highest BCUT2D eigenvalue weighted by Crippen LogP contribution is 2.48. The Morgan fingerprint density at radius 1 is 0.620 bits per heavy atom. The average Bonchev–Trinajstić information content (AvgIpc) is 3.31. The summed E-state index contributed by atoms with van der Waals surface area (Å²) in [4.78, 5) is 5.11. The van der Waals surface area contributed by atoms with Crippen molar-refractivity contribution in [2.45, 2.75) is 103 Å². The Labute approximate surface area is 297 Å². The molecular weight excluding hydrogens is 611 g/mol. The van der Waals surface area contributed by atoms with Gasteiger partial charge in [0, 0.05) is 35.1 Å². The molecule has 0 unspecified atom stereocenters. The topological polar surface area (TPSA) is 43.4 Å². The van der Waals surface area contributed by atoms with Gasteiger partial charge in [-0.3, -0.25) is 4.98 Å². The largest absolute Gasteiger partial charge is 0.458 e. The van der Waals surface area contributed by atoms with Crippen LogP contribution >= 0.6 is 0 Å². The molecule has 0 bridgehead atoms. The molecule has 4 nitrogen and oxygen atoms in total. The zero-order valence-corrected chi connectivity index (χ0v) is 30.8. The molecule has 4 aromatic rings. The lowest BCUT2D eigenvalue weighted by molar-refractivity contribution is 0.332. The lowest BCUT2D eigenvalue weighted by atomic mass is 9.34. The van der Waals surface area contributed by atoms with Crippen LogP contribution in [-0.4, -0.2) is 11.7 Å². The molecule has 0 spiro atoms. The van der Waals surface area contributed by atoms with Gasteiger partial charge in [-0.1, -0.05) is 91.8 Å². The summed E-state index contributed by atoms with van der Waals surface area (Å²) in [6.07, 6.45) is 13.2. The number of aromatic nitrogens is 1. The molecule has 0 saturated heterocycles. The number of rotatable bonds is 2. The lowest BCUT2D eigenvalue weighted by Gasteiger charge is -2.42. The summed E-state index contributed by atoms with van der Waals surface area (Å²) in [7, 11) is 0. The van der Waals surface area contributed by atoms with E-state index in [2.05, 4.69) is 134 Å². The summed E-state index contributed by atoms with van der Waals surface area (Å²) < 4.78 is 13.4. The third kappa shape index (κ3) is 4.76. The Kier molecular flexibility index (Phi) is 6.62. The van der Waals surface area contributed by atoms with Gasteiger partial charge in [0.1, 0.15) is 23.0 Å². The lowest BCUT2D eigenvalue weighted by Crippen LogP contribution is -2.52. The number of ether oxygens (including phenoxy) is 2. The second-order valence-electron chi connectivity index (χ2n) is 17.8. The van der Waals surface area contributed by atoms with Crippen molar-refractivity contribution in [3.05, 3.63) is 124 Å². The first kappa shape index (κ1) is 31.5. The predicted octanol–water partition coefficient (Wildman–Crippen LogP) is 9.50. The van der Waals surface area contributed by atoms with Gasteiger partial charge in [-0.25, -0.2) is 0 Å². The van der Waals surface area contributed by atoms with E-state index in [4.69, 9.17) is 14.5 Å². The van der Waals surface area contributed by atoms with Crippen molar-refractivity contribution in [1.82, 2.24) is 10.3 Å². The second kappa shape index (κ2) is 10.5. The number of nitrogens with zero attached hydrogens (tertiary/aromatic N) is 1. The van der Waals surface area contributed by atoms with Crippen molar-refractivity contribution in [2.24, 2.45) is 0 Å². The van der Waals surface area contributed by atoms with Gasteiger partial charge < -0.3 is 14.8 Å². The van der Waals surface area contributed by atoms with E-state index in [1.54, 1.807) is 0 Å². The van der Waals surface area contributed by atoms with Gasteiger partial charge in [0.05, 0.1) is 5.69 Å². The minimum Gasteiger partial charge on any atom is -0.458 e. The molecule has 0 atom stereocenters. The molecule has 5 heteroatoms. The van der Waals surface area contributed by atoms with Gasteiger partial charge in [-0.15, -0.1) is 0 Å². The average molecular weight is 659 g/mol. The SMILES string of the molecule is CC1(C)CCC(C)(C)c2cc(C3=CNC=C4B5c6cnc(-c7ccc8c(c7)C(C)(C)CCC8(C)C)cc6Oc6cccc(c65)OC4=C3)ccc21. The van der Waals surface area contributed by atoms with Crippen molar-refractivity contribution >= 4 is 23.2 Å². The van der Waals surface area contributed by atoms with E-state index in [0.717, 1.165) is 56.2 Å². The maximum absolute atomic E-state index is 6.71. The summed E-state index contributed by atoms with van der Waals surface area (Å²) >= 11 is 0. The van der Waals surface area contributed by atoms with E-state index in [9.17, 15) is 0 Å². The molecule has 0 amide bonds. The first-order valence-electron chi connectivity index (χ1n) is 18.4. The summed E-state index contributed by atoms with van der Waals surface area (Å²) in [6, 6.07) is 22.3. The van der Waals surface area contributed by atoms with Crippen LogP contribution in [0.2, 0.25) is 0 Å². The van der Waals surface area contributed by atoms with Crippen molar-refractivity contribution in [1.29, 1.82) is 0 Å². The second-order valence-corrected chi connectivity index (χ2v) is 17.8. The number of nitrogens with one attached hydrogen (secondary N) is 1. The number of fused-ring (bicyclic) bond motifs is 6. The number of allylic oxidation sites excluding steroid dienone is 3. The minimum atomic E-state index is -0.0710. The molecule has 2 aliphatic carbocycles. The summed E-state index contributed by atoms with van der Waals surface area (Å²) in [5.41, 5.74) is 14.0. The first-order chi connectivity index (χ1) is 23.7. The zero-order chi connectivity index (χ0) is 34.8. The molecule has 9 rings (SSSR count). The minimum absolute atomic E-state index is 0.0710. The van der Waals surface area contributed by atoms with Crippen LogP contribution in [0.1, 0.15) is 109 Å². The molecule has 50 heavy (non-hydrogen) atoms. The normalized spacial score (nSPS) is 21.1. The van der Waals surface area contributed by atoms with Crippen LogP contribution < -0.4 is 25.7 Å². The van der Waals surface area contributed by atoms with Crippen LogP contribution in [0.25, 0.3) is 16.8 Å². The van der Waals surface area contributed by atoms with E-state index in [1.165, 1.54) is 53.5 Å². The Morgan fingerprint density at radius 2 is 1.20 bits per heavy atom. The van der Waals surface area contributed by atoms with Gasteiger partial charge in [0.25, 0.3) is 6.71 Å². The number of benzene rings is 3. The molecular formula is C45H47BN2O2. The van der Waals surface area contributed by atoms with Crippen LogP contribution in [0.15, 0.2) is 96.6 Å². The molecule has 3 aromatic carbocycles. The molecule has 5 aliphatic rings. The Morgan fingerprint density at radius 3 is 1.86 bits per heavy atom. The Balaban J connectivity index is 1.11. The molecule has 3 aliphatic heterocycles. The van der Waals surface area contributed by atoms with Crippen molar-refractivity contribution < 1.29 is 9.47 Å². The Bertz CT molecular complexity index is 2220. The maximum Gasteiger partial charge on any atom is 0.264 e. The van der Waals surface area contributed by atoms with Gasteiger partial charge in [0.2, 0.25) is 0 Å². The fourth-order valence-corrected chi connectivity index (χ4v) is 9.17. The molecule has 4 heterocycles. The molecule has 1 aromatic heterocycles. The van der Waals surface area contributed by atoms with Gasteiger partial charge in [-0.05, 0) is 117 Å². The highest BCUT2D eigenvalue weighted by molar-refractivity contribution is 6.94. The third-order valence-electron chi connectivity index (χ3n) is 12.7. The van der Waals surface area contributed by atoms with Crippen molar-refractivity contribution in [3.8, 4) is 28.5 Å². The monoisotopic (exact) mass is 658 g/mol. The van der Waals surface area contributed by atoms with Crippen molar-refractivity contribution in [2.75, 3.05) is 0 Å². The standard InChI is InChI=1S/C45H47BN2O2/c1-42(2)16-18-44(5,6)32-20-27(12-14-30(32)42)29-22-39-34(25-47-24-29)46-35-26-48-36(23-40(35)50-38-11-9-10-37(49-39)41(38)46)28-13-15-31-33(21-28)45(7,8)19-17-43(31,3)4/h9-15,20-26,47H,16-19H2,1-8H3. The van der Waals surface area contributed by atoms with Gasteiger partial charge in [0.15, 0.2) is 0 Å². The van der Waals surface area contributed by atoms with Gasteiger partial charge >= 0.3 is 0 Å². The molecule has 0 fully saturated rings. The number of hydrogen-bond donors (Lipinski definition) is 1. The highest BCUT2D eigenvalue weighted by Gasteiger charge is 2.43. The van der Waals surface area contributed by atoms with Crippen LogP contribution in [0, 0.1) is 0 Å².